The molecular weight excluding hydrogens is 292 g/mol. The van der Waals surface area contributed by atoms with Gasteiger partial charge in [-0.2, -0.15) is 5.26 Å². The second-order valence-corrected chi connectivity index (χ2v) is 6.43. The highest BCUT2D eigenvalue weighted by Crippen LogP contribution is 2.31. The van der Waals surface area contributed by atoms with Crippen LogP contribution in [0, 0.1) is 25.2 Å². The molecule has 0 aliphatic heterocycles. The molecule has 3 aromatic rings. The Morgan fingerprint density at radius 1 is 1.09 bits per heavy atom. The van der Waals surface area contributed by atoms with Crippen molar-refractivity contribution >= 4 is 11.3 Å². The van der Waals surface area contributed by atoms with Crippen LogP contribution in [0.2, 0.25) is 0 Å². The summed E-state index contributed by atoms with van der Waals surface area (Å²) < 4.78 is 0. The number of aromatic nitrogens is 1. The number of aromatic amines is 1. The molecule has 0 saturated carbocycles. The Morgan fingerprint density at radius 3 is 2.50 bits per heavy atom. The summed E-state index contributed by atoms with van der Waals surface area (Å²) in [7, 11) is 0. The van der Waals surface area contributed by atoms with Crippen LogP contribution in [0.5, 0.6) is 0 Å². The standard InChI is InChI=1S/C18H14N2OS/c1-11-5-3-4-6-13(11)14-9-16(17-8-7-12(2)22-17)20-18(21)15(14)10-19/h3-9H,1-2H3,(H,20,21). The molecular formula is C18H14N2OS. The molecule has 4 heteroatoms. The molecule has 0 fully saturated rings. The molecule has 3 nitrogen and oxygen atoms in total. The lowest BCUT2D eigenvalue weighted by atomic mass is 9.97. The van der Waals surface area contributed by atoms with Gasteiger partial charge in [0.2, 0.25) is 0 Å². The minimum atomic E-state index is -0.343. The maximum absolute atomic E-state index is 12.3. The first-order chi connectivity index (χ1) is 10.6. The summed E-state index contributed by atoms with van der Waals surface area (Å²) in [5.74, 6) is 0. The maximum atomic E-state index is 12.3. The Morgan fingerprint density at radius 2 is 1.86 bits per heavy atom. The maximum Gasteiger partial charge on any atom is 0.266 e. The van der Waals surface area contributed by atoms with Gasteiger partial charge in [0.1, 0.15) is 11.6 Å². The van der Waals surface area contributed by atoms with E-state index in [0.29, 0.717) is 5.56 Å². The third-order valence-electron chi connectivity index (χ3n) is 3.59. The second-order valence-electron chi connectivity index (χ2n) is 5.14. The summed E-state index contributed by atoms with van der Waals surface area (Å²) in [6.45, 7) is 4.00. The van der Waals surface area contributed by atoms with Crippen LogP contribution >= 0.6 is 11.3 Å². The van der Waals surface area contributed by atoms with E-state index in [1.54, 1.807) is 11.3 Å². The minimum absolute atomic E-state index is 0.159. The predicted molar refractivity (Wildman–Crippen MR) is 90.0 cm³/mol. The van der Waals surface area contributed by atoms with Crippen LogP contribution in [0.4, 0.5) is 0 Å². The minimum Gasteiger partial charge on any atom is -0.320 e. The number of nitriles is 1. The summed E-state index contributed by atoms with van der Waals surface area (Å²) in [6, 6.07) is 15.7. The molecule has 0 unspecified atom stereocenters. The zero-order valence-electron chi connectivity index (χ0n) is 12.3. The Bertz CT molecular complexity index is 944. The Balaban J connectivity index is 2.29. The SMILES string of the molecule is Cc1ccc(-c2cc(-c3ccccc3C)c(C#N)c(=O)[nH]2)s1. The highest BCUT2D eigenvalue weighted by Gasteiger charge is 2.14. The molecule has 0 saturated heterocycles. The molecule has 2 heterocycles. The number of nitrogens with one attached hydrogen (secondary N) is 1. The molecule has 0 aliphatic rings. The van der Waals surface area contributed by atoms with Crippen LogP contribution < -0.4 is 5.56 Å². The van der Waals surface area contributed by atoms with E-state index in [9.17, 15) is 10.1 Å². The topological polar surface area (TPSA) is 56.6 Å². The number of thiophene rings is 1. The van der Waals surface area contributed by atoms with Crippen molar-refractivity contribution in [3.8, 4) is 27.8 Å². The first-order valence-corrected chi connectivity index (χ1v) is 7.72. The lowest BCUT2D eigenvalue weighted by Crippen LogP contribution is -2.12. The van der Waals surface area contributed by atoms with Crippen LogP contribution in [-0.4, -0.2) is 4.98 Å². The van der Waals surface area contributed by atoms with E-state index in [0.717, 1.165) is 21.7 Å². The van der Waals surface area contributed by atoms with Gasteiger partial charge in [0.15, 0.2) is 0 Å². The van der Waals surface area contributed by atoms with E-state index < -0.39 is 0 Å². The van der Waals surface area contributed by atoms with Gasteiger partial charge in [0, 0.05) is 10.4 Å². The van der Waals surface area contributed by atoms with Crippen molar-refractivity contribution in [3.05, 3.63) is 68.8 Å². The Hall–Kier alpha value is -2.64. The summed E-state index contributed by atoms with van der Waals surface area (Å²) in [5.41, 5.74) is 3.21. The Kier molecular flexibility index (Phi) is 3.66. The van der Waals surface area contributed by atoms with Crippen molar-refractivity contribution in [1.29, 1.82) is 5.26 Å². The number of aryl methyl sites for hydroxylation is 2. The van der Waals surface area contributed by atoms with Gasteiger partial charge in [-0.1, -0.05) is 24.3 Å². The van der Waals surface area contributed by atoms with Crippen molar-refractivity contribution in [3.63, 3.8) is 0 Å². The predicted octanol–water partition coefficient (Wildman–Crippen LogP) is 4.26. The molecule has 0 radical (unpaired) electrons. The van der Waals surface area contributed by atoms with Crippen molar-refractivity contribution < 1.29 is 0 Å². The van der Waals surface area contributed by atoms with E-state index in [1.807, 2.05) is 62.4 Å². The zero-order valence-corrected chi connectivity index (χ0v) is 13.1. The van der Waals surface area contributed by atoms with Crippen LogP contribution in [-0.2, 0) is 0 Å². The monoisotopic (exact) mass is 306 g/mol. The van der Waals surface area contributed by atoms with E-state index in [-0.39, 0.29) is 11.1 Å². The number of pyridine rings is 1. The van der Waals surface area contributed by atoms with Gasteiger partial charge in [-0.3, -0.25) is 4.79 Å². The van der Waals surface area contributed by atoms with Gasteiger partial charge in [0.25, 0.3) is 5.56 Å². The van der Waals surface area contributed by atoms with Crippen molar-refractivity contribution in [1.82, 2.24) is 4.98 Å². The van der Waals surface area contributed by atoms with Gasteiger partial charge in [-0.15, -0.1) is 11.3 Å². The first kappa shape index (κ1) is 14.3. The third kappa shape index (κ3) is 2.47. The molecule has 22 heavy (non-hydrogen) atoms. The average molecular weight is 306 g/mol. The fourth-order valence-electron chi connectivity index (χ4n) is 2.47. The summed E-state index contributed by atoms with van der Waals surface area (Å²) >= 11 is 1.62. The third-order valence-corrected chi connectivity index (χ3v) is 4.62. The largest absolute Gasteiger partial charge is 0.320 e. The molecule has 1 aromatic carbocycles. The number of hydrogen-bond donors (Lipinski definition) is 1. The second kappa shape index (κ2) is 5.63. The molecule has 0 amide bonds. The van der Waals surface area contributed by atoms with E-state index in [4.69, 9.17) is 0 Å². The van der Waals surface area contributed by atoms with Crippen LogP contribution in [0.3, 0.4) is 0 Å². The number of benzene rings is 1. The number of nitrogens with zero attached hydrogens (tertiary/aromatic N) is 1. The van der Waals surface area contributed by atoms with E-state index in [2.05, 4.69) is 4.98 Å². The molecule has 2 aromatic heterocycles. The number of hydrogen-bond acceptors (Lipinski definition) is 3. The fraction of sp³-hybridized carbons (Fsp3) is 0.111. The van der Waals surface area contributed by atoms with Gasteiger partial charge in [-0.25, -0.2) is 0 Å². The van der Waals surface area contributed by atoms with Gasteiger partial charge in [0.05, 0.1) is 10.6 Å². The van der Waals surface area contributed by atoms with E-state index in [1.165, 1.54) is 4.88 Å². The van der Waals surface area contributed by atoms with Crippen LogP contribution in [0.1, 0.15) is 16.0 Å². The van der Waals surface area contributed by atoms with Crippen molar-refractivity contribution in [2.75, 3.05) is 0 Å². The average Bonchev–Trinajstić information content (AvgIpc) is 2.93. The molecule has 0 spiro atoms. The fourth-order valence-corrected chi connectivity index (χ4v) is 3.31. The summed E-state index contributed by atoms with van der Waals surface area (Å²) in [6.07, 6.45) is 0. The van der Waals surface area contributed by atoms with Gasteiger partial charge < -0.3 is 4.98 Å². The Labute approximate surface area is 132 Å². The number of rotatable bonds is 2. The van der Waals surface area contributed by atoms with Crippen molar-refractivity contribution in [2.45, 2.75) is 13.8 Å². The molecule has 0 aliphatic carbocycles. The molecule has 108 valence electrons. The molecule has 0 atom stereocenters. The number of H-pyrrole nitrogens is 1. The lowest BCUT2D eigenvalue weighted by Gasteiger charge is -2.09. The zero-order chi connectivity index (χ0) is 15.7. The highest BCUT2D eigenvalue weighted by atomic mass is 32.1. The molecule has 0 bridgehead atoms. The lowest BCUT2D eigenvalue weighted by molar-refractivity contribution is 1.22. The van der Waals surface area contributed by atoms with Gasteiger partial charge >= 0.3 is 0 Å². The quantitative estimate of drug-likeness (QED) is 0.769. The van der Waals surface area contributed by atoms with Crippen molar-refractivity contribution in [2.24, 2.45) is 0 Å². The smallest absolute Gasteiger partial charge is 0.266 e. The molecule has 3 rings (SSSR count). The highest BCUT2D eigenvalue weighted by molar-refractivity contribution is 7.15. The summed E-state index contributed by atoms with van der Waals surface area (Å²) in [5, 5.41) is 9.35. The summed E-state index contributed by atoms with van der Waals surface area (Å²) in [4.78, 5) is 17.3. The van der Waals surface area contributed by atoms with Crippen LogP contribution in [0.15, 0.2) is 47.3 Å². The van der Waals surface area contributed by atoms with Crippen LogP contribution in [0.25, 0.3) is 21.7 Å². The molecule has 1 N–H and O–H groups in total. The normalized spacial score (nSPS) is 10.4. The van der Waals surface area contributed by atoms with Gasteiger partial charge in [-0.05, 0) is 43.2 Å². The van der Waals surface area contributed by atoms with E-state index >= 15 is 0 Å². The first-order valence-electron chi connectivity index (χ1n) is 6.90.